The number of pyridine rings is 1. The van der Waals surface area contributed by atoms with E-state index in [1.54, 1.807) is 28.8 Å². The van der Waals surface area contributed by atoms with Crippen LogP contribution in [0.4, 0.5) is 10.5 Å². The van der Waals surface area contributed by atoms with Crippen molar-refractivity contribution in [2.45, 2.75) is 25.7 Å². The van der Waals surface area contributed by atoms with Crippen LogP contribution in [0.5, 0.6) is 0 Å². The van der Waals surface area contributed by atoms with E-state index >= 15 is 0 Å². The highest BCUT2D eigenvalue weighted by Gasteiger charge is 2.30. The minimum atomic E-state index is -0.406. The molecular formula is C24H29N5O3S. The summed E-state index contributed by atoms with van der Waals surface area (Å²) in [5.74, 6) is 1.77. The lowest BCUT2D eigenvalue weighted by Crippen LogP contribution is -2.44. The molecule has 0 unspecified atom stereocenters. The molecule has 3 heterocycles. The third-order valence-electron chi connectivity index (χ3n) is 6.00. The summed E-state index contributed by atoms with van der Waals surface area (Å²) < 4.78 is 0. The molecule has 0 saturated carbocycles. The van der Waals surface area contributed by atoms with Crippen molar-refractivity contribution in [2.24, 2.45) is 0 Å². The van der Waals surface area contributed by atoms with Gasteiger partial charge in [-0.25, -0.2) is 4.79 Å². The fourth-order valence-electron chi connectivity index (χ4n) is 4.18. The molecule has 2 fully saturated rings. The van der Waals surface area contributed by atoms with E-state index in [0.29, 0.717) is 24.3 Å². The molecule has 1 aromatic heterocycles. The topological polar surface area (TPSA) is 94.6 Å². The van der Waals surface area contributed by atoms with Crippen LogP contribution in [0.25, 0.3) is 0 Å². The zero-order valence-electron chi connectivity index (χ0n) is 18.8. The third-order valence-corrected chi connectivity index (χ3v) is 6.97. The normalized spacial score (nSPS) is 16.5. The summed E-state index contributed by atoms with van der Waals surface area (Å²) in [4.78, 5) is 46.1. The van der Waals surface area contributed by atoms with Gasteiger partial charge in [0.05, 0.1) is 23.7 Å². The number of anilines is 1. The van der Waals surface area contributed by atoms with Gasteiger partial charge in [0, 0.05) is 42.7 Å². The zero-order chi connectivity index (χ0) is 23.2. The number of para-hydroxylation sites is 1. The molecule has 4 amide bonds. The molecule has 2 aliphatic rings. The third kappa shape index (κ3) is 5.84. The van der Waals surface area contributed by atoms with Gasteiger partial charge in [-0.1, -0.05) is 18.2 Å². The Morgan fingerprint density at radius 2 is 1.79 bits per heavy atom. The number of carbonyl (C=O) groups excluding carboxylic acids is 3. The highest BCUT2D eigenvalue weighted by molar-refractivity contribution is 7.99. The number of aromatic nitrogens is 1. The minimum absolute atomic E-state index is 0.0506. The van der Waals surface area contributed by atoms with Crippen molar-refractivity contribution < 1.29 is 14.4 Å². The highest BCUT2D eigenvalue weighted by atomic mass is 32.2. The first-order valence-electron chi connectivity index (χ1n) is 11.2. The number of carbonyl (C=O) groups is 3. The number of rotatable bonds is 5. The SMILES string of the molecule is Cc1ccc(C(=O)N2CCSC2)c(C2CCN(C(=O)CNC(=O)Nc3ccccc3)CC2)n1. The molecule has 0 spiro atoms. The Morgan fingerprint density at radius 3 is 2.48 bits per heavy atom. The van der Waals surface area contributed by atoms with E-state index in [9.17, 15) is 14.4 Å². The first-order chi connectivity index (χ1) is 16.0. The maximum atomic E-state index is 13.0. The van der Waals surface area contributed by atoms with Crippen molar-refractivity contribution in [3.8, 4) is 0 Å². The predicted octanol–water partition coefficient (Wildman–Crippen LogP) is 3.06. The fraction of sp³-hybridized carbons (Fsp3) is 0.417. The maximum absolute atomic E-state index is 13.0. The second kappa shape index (κ2) is 10.7. The van der Waals surface area contributed by atoms with Gasteiger partial charge in [-0.2, -0.15) is 0 Å². The summed E-state index contributed by atoms with van der Waals surface area (Å²) in [6.45, 7) is 3.81. The van der Waals surface area contributed by atoms with Crippen molar-refractivity contribution in [2.75, 3.05) is 43.1 Å². The van der Waals surface area contributed by atoms with Crippen LogP contribution in [0.1, 0.15) is 40.5 Å². The molecule has 2 saturated heterocycles. The van der Waals surface area contributed by atoms with Gasteiger partial charge in [0.2, 0.25) is 5.91 Å². The quantitative estimate of drug-likeness (QED) is 0.705. The molecule has 8 nitrogen and oxygen atoms in total. The molecule has 1 aromatic carbocycles. The number of urea groups is 1. The van der Waals surface area contributed by atoms with E-state index in [4.69, 9.17) is 4.98 Å². The molecule has 0 bridgehead atoms. The minimum Gasteiger partial charge on any atom is -0.341 e. The molecule has 2 aliphatic heterocycles. The number of nitrogens with zero attached hydrogens (tertiary/aromatic N) is 3. The average molecular weight is 468 g/mol. The Bertz CT molecular complexity index is 1000. The number of benzene rings is 1. The molecule has 33 heavy (non-hydrogen) atoms. The molecule has 174 valence electrons. The van der Waals surface area contributed by atoms with Gasteiger partial charge >= 0.3 is 6.03 Å². The number of likely N-dealkylation sites (tertiary alicyclic amines) is 1. The summed E-state index contributed by atoms with van der Waals surface area (Å²) in [5.41, 5.74) is 3.10. The second-order valence-corrected chi connectivity index (χ2v) is 9.39. The van der Waals surface area contributed by atoms with Gasteiger partial charge in [0.15, 0.2) is 0 Å². The van der Waals surface area contributed by atoms with Gasteiger partial charge < -0.3 is 20.4 Å². The number of nitrogens with one attached hydrogen (secondary N) is 2. The summed E-state index contributed by atoms with van der Waals surface area (Å²) in [6.07, 6.45) is 1.49. The van der Waals surface area contributed by atoms with Crippen molar-refractivity contribution in [3.63, 3.8) is 0 Å². The van der Waals surface area contributed by atoms with Crippen LogP contribution >= 0.6 is 11.8 Å². The zero-order valence-corrected chi connectivity index (χ0v) is 19.6. The molecule has 2 aromatic rings. The predicted molar refractivity (Wildman–Crippen MR) is 129 cm³/mol. The van der Waals surface area contributed by atoms with Crippen LogP contribution in [-0.2, 0) is 4.79 Å². The van der Waals surface area contributed by atoms with Gasteiger partial charge in [-0.15, -0.1) is 11.8 Å². The first-order valence-corrected chi connectivity index (χ1v) is 12.4. The fourth-order valence-corrected chi connectivity index (χ4v) is 5.13. The maximum Gasteiger partial charge on any atom is 0.319 e. The molecule has 9 heteroatoms. The Hall–Kier alpha value is -3.07. The number of hydrogen-bond acceptors (Lipinski definition) is 5. The van der Waals surface area contributed by atoms with Crippen LogP contribution < -0.4 is 10.6 Å². The molecule has 0 radical (unpaired) electrons. The first kappa shape index (κ1) is 23.1. The number of thioether (sulfide) groups is 1. The summed E-state index contributed by atoms with van der Waals surface area (Å²) in [6, 6.07) is 12.5. The standard InChI is InChI=1S/C24H29N5O3S/c1-17-7-8-20(23(31)29-13-14-33-16-29)22(26-17)18-9-11-28(12-10-18)21(30)15-25-24(32)27-19-5-3-2-4-6-19/h2-8,18H,9-16H2,1H3,(H2,25,27,32). The molecule has 4 rings (SSSR count). The molecule has 0 aliphatic carbocycles. The van der Waals surface area contributed by atoms with E-state index in [-0.39, 0.29) is 24.3 Å². The second-order valence-electron chi connectivity index (χ2n) is 8.32. The van der Waals surface area contributed by atoms with Crippen LogP contribution in [0, 0.1) is 6.92 Å². The summed E-state index contributed by atoms with van der Waals surface area (Å²) in [7, 11) is 0. The van der Waals surface area contributed by atoms with E-state index in [1.165, 1.54) is 0 Å². The average Bonchev–Trinajstić information content (AvgIpc) is 3.38. The lowest BCUT2D eigenvalue weighted by Gasteiger charge is -2.33. The molecular weight excluding hydrogens is 438 g/mol. The Morgan fingerprint density at radius 1 is 1.03 bits per heavy atom. The van der Waals surface area contributed by atoms with Gasteiger partial charge in [0.1, 0.15) is 0 Å². The monoisotopic (exact) mass is 467 g/mol. The van der Waals surface area contributed by atoms with Crippen molar-refractivity contribution in [1.82, 2.24) is 20.1 Å². The van der Waals surface area contributed by atoms with Crippen molar-refractivity contribution in [3.05, 3.63) is 59.4 Å². The van der Waals surface area contributed by atoms with Crippen molar-refractivity contribution >= 4 is 35.3 Å². The van der Waals surface area contributed by atoms with E-state index < -0.39 is 6.03 Å². The Kier molecular flexibility index (Phi) is 7.49. The number of piperidine rings is 1. The van der Waals surface area contributed by atoms with Crippen LogP contribution in [0.15, 0.2) is 42.5 Å². The summed E-state index contributed by atoms with van der Waals surface area (Å²) in [5, 5.41) is 5.34. The van der Waals surface area contributed by atoms with Gasteiger partial charge in [-0.05, 0) is 44.0 Å². The van der Waals surface area contributed by atoms with Crippen LogP contribution in [-0.4, -0.2) is 70.4 Å². The Labute approximate surface area is 198 Å². The van der Waals surface area contributed by atoms with E-state index in [2.05, 4.69) is 10.6 Å². The Balaban J connectivity index is 1.31. The number of amides is 4. The van der Waals surface area contributed by atoms with E-state index in [0.717, 1.165) is 42.4 Å². The summed E-state index contributed by atoms with van der Waals surface area (Å²) >= 11 is 1.77. The smallest absolute Gasteiger partial charge is 0.319 e. The van der Waals surface area contributed by atoms with Gasteiger partial charge in [-0.3, -0.25) is 14.6 Å². The highest BCUT2D eigenvalue weighted by Crippen LogP contribution is 2.31. The van der Waals surface area contributed by atoms with Crippen LogP contribution in [0.2, 0.25) is 0 Å². The largest absolute Gasteiger partial charge is 0.341 e. The van der Waals surface area contributed by atoms with Gasteiger partial charge in [0.25, 0.3) is 5.91 Å². The van der Waals surface area contributed by atoms with Crippen LogP contribution in [0.3, 0.4) is 0 Å². The molecule has 0 atom stereocenters. The lowest BCUT2D eigenvalue weighted by atomic mass is 9.89. The number of aryl methyl sites for hydroxylation is 1. The van der Waals surface area contributed by atoms with E-state index in [1.807, 2.05) is 42.2 Å². The lowest BCUT2D eigenvalue weighted by molar-refractivity contribution is -0.131. The molecule has 2 N–H and O–H groups in total. The number of hydrogen-bond donors (Lipinski definition) is 2. The van der Waals surface area contributed by atoms with Crippen molar-refractivity contribution in [1.29, 1.82) is 0 Å².